The predicted molar refractivity (Wildman–Crippen MR) is 123 cm³/mol. The molecule has 2 heterocycles. The van der Waals surface area contributed by atoms with Gasteiger partial charge in [0.15, 0.2) is 0 Å². The molecule has 4 rings (SSSR count). The molecule has 0 aliphatic carbocycles. The number of nitrogens with one attached hydrogen (secondary N) is 1. The standard InChI is InChI=1S/C26H26N4O/c1-18-9-10-23(15-19(18)2)25-24(17-30(29-25)16-21-7-5-4-6-8-21)26(31)28-20(3)22-11-13-27-14-12-22/h4-15,17,20H,16H2,1-3H3,(H,28,31). The van der Waals surface area contributed by atoms with Crippen molar-refractivity contribution in [3.8, 4) is 11.3 Å². The van der Waals surface area contributed by atoms with Crippen LogP contribution in [0.3, 0.4) is 0 Å². The molecule has 0 saturated carbocycles. The van der Waals surface area contributed by atoms with E-state index >= 15 is 0 Å². The summed E-state index contributed by atoms with van der Waals surface area (Å²) in [4.78, 5) is 17.3. The van der Waals surface area contributed by atoms with Gasteiger partial charge in [0.2, 0.25) is 0 Å². The van der Waals surface area contributed by atoms with E-state index in [0.29, 0.717) is 17.8 Å². The third-order valence-electron chi connectivity index (χ3n) is 5.53. The van der Waals surface area contributed by atoms with Crippen LogP contribution >= 0.6 is 0 Å². The van der Waals surface area contributed by atoms with Gasteiger partial charge < -0.3 is 5.32 Å². The Labute approximate surface area is 182 Å². The van der Waals surface area contributed by atoms with Crippen molar-refractivity contribution in [1.29, 1.82) is 0 Å². The Hall–Kier alpha value is -3.73. The highest BCUT2D eigenvalue weighted by Gasteiger charge is 2.20. The molecule has 31 heavy (non-hydrogen) atoms. The molecule has 4 aromatic rings. The molecule has 0 bridgehead atoms. The quantitative estimate of drug-likeness (QED) is 0.481. The number of amides is 1. The minimum Gasteiger partial charge on any atom is -0.345 e. The van der Waals surface area contributed by atoms with Crippen LogP contribution in [-0.2, 0) is 6.54 Å². The first-order valence-corrected chi connectivity index (χ1v) is 10.4. The number of benzene rings is 2. The molecule has 0 spiro atoms. The second kappa shape index (κ2) is 8.96. The van der Waals surface area contributed by atoms with E-state index < -0.39 is 0 Å². The van der Waals surface area contributed by atoms with E-state index in [-0.39, 0.29) is 11.9 Å². The smallest absolute Gasteiger partial charge is 0.255 e. The molecule has 0 saturated heterocycles. The summed E-state index contributed by atoms with van der Waals surface area (Å²) in [7, 11) is 0. The lowest BCUT2D eigenvalue weighted by atomic mass is 10.0. The number of hydrogen-bond donors (Lipinski definition) is 1. The Morgan fingerprint density at radius 3 is 2.45 bits per heavy atom. The van der Waals surface area contributed by atoms with Crippen molar-refractivity contribution in [3.63, 3.8) is 0 Å². The number of carbonyl (C=O) groups is 1. The van der Waals surface area contributed by atoms with Crippen molar-refractivity contribution in [2.24, 2.45) is 0 Å². The summed E-state index contributed by atoms with van der Waals surface area (Å²) in [5.41, 5.74) is 6.73. The predicted octanol–water partition coefficient (Wildman–Crippen LogP) is 5.10. The van der Waals surface area contributed by atoms with Crippen LogP contribution in [0.1, 0.15) is 45.6 Å². The number of carbonyl (C=O) groups excluding carboxylic acids is 1. The van der Waals surface area contributed by atoms with E-state index in [9.17, 15) is 4.79 Å². The van der Waals surface area contributed by atoms with Crippen LogP contribution in [0, 0.1) is 13.8 Å². The normalized spacial score (nSPS) is 11.8. The minimum atomic E-state index is -0.142. The van der Waals surface area contributed by atoms with Crippen LogP contribution in [0.15, 0.2) is 79.3 Å². The van der Waals surface area contributed by atoms with Crippen molar-refractivity contribution in [2.45, 2.75) is 33.4 Å². The zero-order chi connectivity index (χ0) is 21.8. The Morgan fingerprint density at radius 1 is 1.00 bits per heavy atom. The van der Waals surface area contributed by atoms with Gasteiger partial charge in [-0.05, 0) is 61.2 Å². The van der Waals surface area contributed by atoms with Gasteiger partial charge in [-0.25, -0.2) is 0 Å². The number of aromatic nitrogens is 3. The second-order valence-electron chi connectivity index (χ2n) is 7.85. The molecule has 5 nitrogen and oxygen atoms in total. The average molecular weight is 411 g/mol. The van der Waals surface area contributed by atoms with E-state index in [1.165, 1.54) is 11.1 Å². The van der Waals surface area contributed by atoms with Gasteiger partial charge in [0.1, 0.15) is 5.69 Å². The molecule has 0 radical (unpaired) electrons. The van der Waals surface area contributed by atoms with E-state index in [4.69, 9.17) is 5.10 Å². The Kier molecular flexibility index (Phi) is 5.94. The lowest BCUT2D eigenvalue weighted by Crippen LogP contribution is -2.26. The molecule has 5 heteroatoms. The summed E-state index contributed by atoms with van der Waals surface area (Å²) in [6.45, 7) is 6.73. The van der Waals surface area contributed by atoms with Gasteiger partial charge in [0.25, 0.3) is 5.91 Å². The maximum absolute atomic E-state index is 13.3. The Balaban J connectivity index is 1.68. The minimum absolute atomic E-state index is 0.138. The molecule has 0 fully saturated rings. The van der Waals surface area contributed by atoms with Crippen LogP contribution in [0.5, 0.6) is 0 Å². The highest BCUT2D eigenvalue weighted by atomic mass is 16.1. The largest absolute Gasteiger partial charge is 0.345 e. The number of pyridine rings is 1. The highest BCUT2D eigenvalue weighted by molar-refractivity contribution is 6.00. The summed E-state index contributed by atoms with van der Waals surface area (Å²) in [5, 5.41) is 7.90. The van der Waals surface area contributed by atoms with Crippen LogP contribution in [0.4, 0.5) is 0 Å². The van der Waals surface area contributed by atoms with Gasteiger partial charge in [0.05, 0.1) is 18.2 Å². The molecular formula is C26H26N4O. The lowest BCUT2D eigenvalue weighted by Gasteiger charge is -2.14. The first-order valence-electron chi connectivity index (χ1n) is 10.4. The molecule has 0 aliphatic rings. The molecule has 156 valence electrons. The molecule has 1 N–H and O–H groups in total. The van der Waals surface area contributed by atoms with Crippen molar-refractivity contribution < 1.29 is 4.79 Å². The number of nitrogens with zero attached hydrogens (tertiary/aromatic N) is 3. The van der Waals surface area contributed by atoms with E-state index in [2.05, 4.69) is 48.4 Å². The summed E-state index contributed by atoms with van der Waals surface area (Å²) >= 11 is 0. The zero-order valence-corrected chi connectivity index (χ0v) is 18.0. The van der Waals surface area contributed by atoms with E-state index in [0.717, 1.165) is 16.7 Å². The van der Waals surface area contributed by atoms with Gasteiger partial charge in [-0.1, -0.05) is 42.5 Å². The fourth-order valence-corrected chi connectivity index (χ4v) is 3.55. The first kappa shape index (κ1) is 20.5. The molecule has 1 unspecified atom stereocenters. The van der Waals surface area contributed by atoms with E-state index in [1.54, 1.807) is 12.4 Å². The van der Waals surface area contributed by atoms with Gasteiger partial charge in [-0.15, -0.1) is 0 Å². The number of hydrogen-bond acceptors (Lipinski definition) is 3. The third-order valence-corrected chi connectivity index (χ3v) is 5.53. The Bertz CT molecular complexity index is 1180. The topological polar surface area (TPSA) is 59.8 Å². The molecule has 2 aromatic heterocycles. The van der Waals surface area contributed by atoms with Crippen LogP contribution in [0.25, 0.3) is 11.3 Å². The highest BCUT2D eigenvalue weighted by Crippen LogP contribution is 2.25. The average Bonchev–Trinajstić information content (AvgIpc) is 3.21. The molecule has 0 aliphatic heterocycles. The van der Waals surface area contributed by atoms with Crippen LogP contribution in [0.2, 0.25) is 0 Å². The molecule has 1 atom stereocenters. The van der Waals surface area contributed by atoms with Gasteiger partial charge in [-0.2, -0.15) is 5.10 Å². The van der Waals surface area contributed by atoms with Crippen LogP contribution < -0.4 is 5.32 Å². The maximum atomic E-state index is 13.3. The van der Waals surface area contributed by atoms with Crippen molar-refractivity contribution in [3.05, 3.63) is 107 Å². The molecular weight excluding hydrogens is 384 g/mol. The van der Waals surface area contributed by atoms with Crippen LogP contribution in [-0.4, -0.2) is 20.7 Å². The number of aryl methyl sites for hydroxylation is 2. The zero-order valence-electron chi connectivity index (χ0n) is 18.0. The van der Waals surface area contributed by atoms with E-state index in [1.807, 2.05) is 54.2 Å². The SMILES string of the molecule is Cc1ccc(-c2nn(Cc3ccccc3)cc2C(=O)NC(C)c2ccncc2)cc1C. The lowest BCUT2D eigenvalue weighted by molar-refractivity contribution is 0.0940. The maximum Gasteiger partial charge on any atom is 0.255 e. The fourth-order valence-electron chi connectivity index (χ4n) is 3.55. The summed E-state index contributed by atoms with van der Waals surface area (Å²) < 4.78 is 1.84. The summed E-state index contributed by atoms with van der Waals surface area (Å²) in [6, 6.07) is 20.0. The summed E-state index contributed by atoms with van der Waals surface area (Å²) in [5.74, 6) is -0.142. The van der Waals surface area contributed by atoms with Crippen molar-refractivity contribution >= 4 is 5.91 Å². The Morgan fingerprint density at radius 2 is 1.74 bits per heavy atom. The monoisotopic (exact) mass is 410 g/mol. The van der Waals surface area contributed by atoms with Gasteiger partial charge >= 0.3 is 0 Å². The first-order chi connectivity index (χ1) is 15.0. The summed E-state index contributed by atoms with van der Waals surface area (Å²) in [6.07, 6.45) is 5.30. The molecule has 1 amide bonds. The third kappa shape index (κ3) is 4.72. The van der Waals surface area contributed by atoms with Crippen molar-refractivity contribution in [1.82, 2.24) is 20.1 Å². The van der Waals surface area contributed by atoms with Gasteiger partial charge in [-0.3, -0.25) is 14.5 Å². The van der Waals surface area contributed by atoms with Crippen molar-refractivity contribution in [2.75, 3.05) is 0 Å². The fraction of sp³-hybridized carbons (Fsp3) is 0.192. The second-order valence-corrected chi connectivity index (χ2v) is 7.85. The molecule has 2 aromatic carbocycles. The number of rotatable bonds is 6. The van der Waals surface area contributed by atoms with Gasteiger partial charge in [0, 0.05) is 24.2 Å².